The summed E-state index contributed by atoms with van der Waals surface area (Å²) in [6.45, 7) is 4.54. The lowest BCUT2D eigenvalue weighted by molar-refractivity contribution is 0.0936. The van der Waals surface area contributed by atoms with Crippen LogP contribution in [0.15, 0.2) is 48.8 Å². The predicted molar refractivity (Wildman–Crippen MR) is 84.7 cm³/mol. The van der Waals surface area contributed by atoms with Gasteiger partial charge in [0.15, 0.2) is 0 Å². The molecule has 2 aromatic rings. The van der Waals surface area contributed by atoms with E-state index in [2.05, 4.69) is 19.2 Å². The number of aromatic nitrogens is 1. The predicted octanol–water partition coefficient (Wildman–Crippen LogP) is 3.79. The fourth-order valence-electron chi connectivity index (χ4n) is 3.12. The lowest BCUT2D eigenvalue weighted by Gasteiger charge is -2.18. The smallest absolute Gasteiger partial charge is 0.251 e. The second-order valence-corrected chi connectivity index (χ2v) is 6.71. The zero-order valence-corrected chi connectivity index (χ0v) is 12.7. The van der Waals surface area contributed by atoms with E-state index in [4.69, 9.17) is 0 Å². The van der Waals surface area contributed by atoms with Gasteiger partial charge in [-0.2, -0.15) is 0 Å². The summed E-state index contributed by atoms with van der Waals surface area (Å²) in [5.74, 6) is 0.0387. The van der Waals surface area contributed by atoms with Crippen molar-refractivity contribution < 1.29 is 4.79 Å². The van der Waals surface area contributed by atoms with Crippen LogP contribution in [-0.4, -0.2) is 16.5 Å². The third-order valence-electron chi connectivity index (χ3n) is 4.34. The first kappa shape index (κ1) is 13.9. The second-order valence-electron chi connectivity index (χ2n) is 6.71. The Balaban J connectivity index is 1.65. The molecule has 1 saturated carbocycles. The molecule has 1 aliphatic rings. The van der Waals surface area contributed by atoms with Gasteiger partial charge in [0.1, 0.15) is 0 Å². The lowest BCUT2D eigenvalue weighted by atomic mass is 9.92. The van der Waals surface area contributed by atoms with Gasteiger partial charge in [0.25, 0.3) is 5.91 Å². The van der Waals surface area contributed by atoms with E-state index in [1.165, 1.54) is 6.42 Å². The fraction of sp³-hybridized carbons (Fsp3) is 0.389. The molecule has 3 nitrogen and oxygen atoms in total. The van der Waals surface area contributed by atoms with Crippen molar-refractivity contribution in [3.05, 3.63) is 54.4 Å². The summed E-state index contributed by atoms with van der Waals surface area (Å²) in [5, 5.41) is 3.16. The topological polar surface area (TPSA) is 34.0 Å². The van der Waals surface area contributed by atoms with E-state index < -0.39 is 0 Å². The van der Waals surface area contributed by atoms with Crippen LogP contribution < -0.4 is 5.32 Å². The van der Waals surface area contributed by atoms with Crippen molar-refractivity contribution in [1.82, 2.24) is 9.88 Å². The molecule has 0 bridgehead atoms. The molecule has 3 heteroatoms. The van der Waals surface area contributed by atoms with E-state index in [9.17, 15) is 4.79 Å². The van der Waals surface area contributed by atoms with Crippen molar-refractivity contribution >= 4 is 5.91 Å². The van der Waals surface area contributed by atoms with Gasteiger partial charge in [-0.15, -0.1) is 0 Å². The fourth-order valence-corrected chi connectivity index (χ4v) is 3.12. The highest BCUT2D eigenvalue weighted by atomic mass is 16.1. The number of carbonyl (C=O) groups is 1. The van der Waals surface area contributed by atoms with E-state index in [1.54, 1.807) is 0 Å². The number of rotatable bonds is 3. The van der Waals surface area contributed by atoms with Crippen molar-refractivity contribution in [3.63, 3.8) is 0 Å². The maximum atomic E-state index is 12.3. The molecule has 1 atom stereocenters. The van der Waals surface area contributed by atoms with Gasteiger partial charge < -0.3 is 9.88 Å². The molecule has 1 N–H and O–H groups in total. The SMILES string of the molecule is CC1(C)CCC(NC(=O)c2ccc(-n3cccc3)cc2)C1. The first-order chi connectivity index (χ1) is 10.0. The summed E-state index contributed by atoms with van der Waals surface area (Å²) in [6, 6.07) is 12.0. The van der Waals surface area contributed by atoms with Crippen molar-refractivity contribution in [2.45, 2.75) is 39.2 Å². The van der Waals surface area contributed by atoms with Crippen LogP contribution in [0.4, 0.5) is 0 Å². The highest BCUT2D eigenvalue weighted by molar-refractivity contribution is 5.94. The molecular weight excluding hydrogens is 260 g/mol. The van der Waals surface area contributed by atoms with Crippen LogP contribution >= 0.6 is 0 Å². The average Bonchev–Trinajstić information content (AvgIpc) is 3.09. The molecule has 21 heavy (non-hydrogen) atoms. The number of hydrogen-bond donors (Lipinski definition) is 1. The summed E-state index contributed by atoms with van der Waals surface area (Å²) in [4.78, 5) is 12.3. The number of carbonyl (C=O) groups excluding carboxylic acids is 1. The maximum absolute atomic E-state index is 12.3. The molecule has 1 aromatic carbocycles. The molecular formula is C18H22N2O. The Hall–Kier alpha value is -2.03. The Bertz CT molecular complexity index is 611. The number of nitrogens with zero attached hydrogens (tertiary/aromatic N) is 1. The zero-order chi connectivity index (χ0) is 14.9. The van der Waals surface area contributed by atoms with Crippen LogP contribution in [-0.2, 0) is 0 Å². The van der Waals surface area contributed by atoms with Gasteiger partial charge >= 0.3 is 0 Å². The summed E-state index contributed by atoms with van der Waals surface area (Å²) in [5.41, 5.74) is 2.16. The third kappa shape index (κ3) is 3.18. The summed E-state index contributed by atoms with van der Waals surface area (Å²) < 4.78 is 2.03. The van der Waals surface area contributed by atoms with Crippen molar-refractivity contribution in [2.75, 3.05) is 0 Å². The van der Waals surface area contributed by atoms with E-state index in [0.717, 1.165) is 24.1 Å². The lowest BCUT2D eigenvalue weighted by Crippen LogP contribution is -2.33. The Morgan fingerprint density at radius 2 is 1.86 bits per heavy atom. The molecule has 1 fully saturated rings. The average molecular weight is 282 g/mol. The van der Waals surface area contributed by atoms with Crippen LogP contribution in [0.5, 0.6) is 0 Å². The van der Waals surface area contributed by atoms with Gasteiger partial charge in [-0.05, 0) is 61.1 Å². The Labute approximate surface area is 126 Å². The van der Waals surface area contributed by atoms with Crippen LogP contribution in [0.25, 0.3) is 5.69 Å². The monoisotopic (exact) mass is 282 g/mol. The van der Waals surface area contributed by atoms with Gasteiger partial charge in [0, 0.05) is 29.7 Å². The Morgan fingerprint density at radius 3 is 2.43 bits per heavy atom. The Kier molecular flexibility index (Phi) is 3.58. The molecule has 1 heterocycles. The molecule has 0 saturated heterocycles. The second kappa shape index (κ2) is 5.40. The molecule has 110 valence electrons. The van der Waals surface area contributed by atoms with Gasteiger partial charge in [-0.1, -0.05) is 13.8 Å². The molecule has 3 rings (SSSR count). The van der Waals surface area contributed by atoms with Crippen LogP contribution in [0.2, 0.25) is 0 Å². The minimum absolute atomic E-state index is 0.0387. The molecule has 0 aliphatic heterocycles. The molecule has 0 radical (unpaired) electrons. The normalized spacial score (nSPS) is 20.4. The van der Waals surface area contributed by atoms with E-state index >= 15 is 0 Å². The first-order valence-electron chi connectivity index (χ1n) is 7.58. The van der Waals surface area contributed by atoms with Crippen molar-refractivity contribution in [3.8, 4) is 5.69 Å². The summed E-state index contributed by atoms with van der Waals surface area (Å²) >= 11 is 0. The standard InChI is InChI=1S/C18H22N2O/c1-18(2)10-9-15(13-18)19-17(21)14-5-7-16(8-6-14)20-11-3-4-12-20/h3-8,11-12,15H,9-10,13H2,1-2H3,(H,19,21). The summed E-state index contributed by atoms with van der Waals surface area (Å²) in [7, 11) is 0. The highest BCUT2D eigenvalue weighted by Gasteiger charge is 2.31. The number of nitrogens with one attached hydrogen (secondary N) is 1. The van der Waals surface area contributed by atoms with Crippen LogP contribution in [0.3, 0.4) is 0 Å². The van der Waals surface area contributed by atoms with Gasteiger partial charge in [0.05, 0.1) is 0 Å². The van der Waals surface area contributed by atoms with Gasteiger partial charge in [0.2, 0.25) is 0 Å². The largest absolute Gasteiger partial charge is 0.349 e. The van der Waals surface area contributed by atoms with Crippen molar-refractivity contribution in [2.24, 2.45) is 5.41 Å². The zero-order valence-electron chi connectivity index (χ0n) is 12.7. The molecule has 1 aliphatic carbocycles. The van der Waals surface area contributed by atoms with E-state index in [1.807, 2.05) is 53.4 Å². The molecule has 1 aromatic heterocycles. The quantitative estimate of drug-likeness (QED) is 0.913. The van der Waals surface area contributed by atoms with Crippen LogP contribution in [0, 0.1) is 5.41 Å². The van der Waals surface area contributed by atoms with Gasteiger partial charge in [-0.25, -0.2) is 0 Å². The van der Waals surface area contributed by atoms with Gasteiger partial charge in [-0.3, -0.25) is 4.79 Å². The van der Waals surface area contributed by atoms with Crippen molar-refractivity contribution in [1.29, 1.82) is 0 Å². The third-order valence-corrected chi connectivity index (χ3v) is 4.34. The van der Waals surface area contributed by atoms with Crippen LogP contribution in [0.1, 0.15) is 43.5 Å². The maximum Gasteiger partial charge on any atom is 0.251 e. The highest BCUT2D eigenvalue weighted by Crippen LogP contribution is 2.36. The molecule has 0 spiro atoms. The van der Waals surface area contributed by atoms with E-state index in [-0.39, 0.29) is 5.91 Å². The number of benzene rings is 1. The minimum atomic E-state index is 0.0387. The number of hydrogen-bond acceptors (Lipinski definition) is 1. The minimum Gasteiger partial charge on any atom is -0.349 e. The van der Waals surface area contributed by atoms with E-state index in [0.29, 0.717) is 11.5 Å². The summed E-state index contributed by atoms with van der Waals surface area (Å²) in [6.07, 6.45) is 7.33. The first-order valence-corrected chi connectivity index (χ1v) is 7.58. The molecule has 1 amide bonds. The molecule has 1 unspecified atom stereocenters. The Morgan fingerprint density at radius 1 is 1.19 bits per heavy atom. The number of amides is 1.